The van der Waals surface area contributed by atoms with E-state index < -0.39 is 5.91 Å². The van der Waals surface area contributed by atoms with E-state index >= 15 is 0 Å². The van der Waals surface area contributed by atoms with Crippen molar-refractivity contribution in [3.8, 4) is 29.1 Å². The van der Waals surface area contributed by atoms with Crippen molar-refractivity contribution in [1.29, 1.82) is 5.26 Å². The summed E-state index contributed by atoms with van der Waals surface area (Å²) in [5.41, 5.74) is 3.29. The van der Waals surface area contributed by atoms with E-state index in [0.717, 1.165) is 16.7 Å². The number of hydrogen-bond donors (Lipinski definition) is 1. The third-order valence-corrected chi connectivity index (χ3v) is 6.43. The van der Waals surface area contributed by atoms with Crippen molar-refractivity contribution >= 4 is 23.6 Å². The number of carbonyl (C=O) groups is 1. The maximum atomic E-state index is 12.7. The summed E-state index contributed by atoms with van der Waals surface area (Å²) in [5, 5.41) is 12.7. The third kappa shape index (κ3) is 8.29. The highest BCUT2D eigenvalue weighted by molar-refractivity contribution is 6.32. The second-order valence-corrected chi connectivity index (χ2v) is 9.56. The largest absolute Gasteiger partial charge is 0.493 e. The van der Waals surface area contributed by atoms with E-state index in [1.807, 2.05) is 91.9 Å². The maximum Gasteiger partial charge on any atom is 0.262 e. The zero-order valence-electron chi connectivity index (χ0n) is 23.4. The summed E-state index contributed by atoms with van der Waals surface area (Å²) in [6, 6.07) is 30.2. The molecule has 0 aliphatic heterocycles. The third-order valence-electron chi connectivity index (χ3n) is 6.15. The first-order chi connectivity index (χ1) is 20.5. The van der Waals surface area contributed by atoms with E-state index in [9.17, 15) is 10.1 Å². The molecule has 0 saturated carbocycles. The molecule has 0 aliphatic rings. The van der Waals surface area contributed by atoms with Gasteiger partial charge in [-0.05, 0) is 59.5 Å². The van der Waals surface area contributed by atoms with E-state index in [2.05, 4.69) is 5.32 Å². The first-order valence-corrected chi connectivity index (χ1v) is 13.7. The molecule has 0 bridgehead atoms. The molecular weight excluding hydrogens is 552 g/mol. The van der Waals surface area contributed by atoms with Crippen molar-refractivity contribution in [3.05, 3.63) is 124 Å². The highest BCUT2D eigenvalue weighted by Crippen LogP contribution is 2.38. The molecule has 1 amide bonds. The molecule has 0 fully saturated rings. The molecule has 0 atom stereocenters. The second kappa shape index (κ2) is 15.2. The van der Waals surface area contributed by atoms with Gasteiger partial charge in [-0.3, -0.25) is 4.79 Å². The Morgan fingerprint density at radius 1 is 0.833 bits per heavy atom. The van der Waals surface area contributed by atoms with E-state index in [4.69, 9.17) is 30.5 Å². The second-order valence-electron chi connectivity index (χ2n) is 9.15. The van der Waals surface area contributed by atoms with Crippen molar-refractivity contribution in [2.75, 3.05) is 13.7 Å². The summed E-state index contributed by atoms with van der Waals surface area (Å²) >= 11 is 6.60. The first kappa shape index (κ1) is 30.0. The average molecular weight is 583 g/mol. The summed E-state index contributed by atoms with van der Waals surface area (Å²) in [5.74, 6) is 1.47. The standard InChI is InChI=1S/C34H31ClN2O5/c1-3-40-32-19-27(16-28(20-36)34(38)37-21-24-10-6-4-7-11-24)17-29(35)33(32)42-23-26-14-15-30(31(18-26)39-2)41-22-25-12-8-5-9-13-25/h4-19H,3,21-23H2,1-2H3,(H,37,38)/b28-16+. The number of amides is 1. The van der Waals surface area contributed by atoms with Crippen LogP contribution in [0.5, 0.6) is 23.0 Å². The number of carbonyl (C=O) groups excluding carboxylic acids is 1. The van der Waals surface area contributed by atoms with E-state index in [1.165, 1.54) is 6.08 Å². The Labute approximate surface area is 250 Å². The normalized spacial score (nSPS) is 10.9. The topological polar surface area (TPSA) is 89.8 Å². The fourth-order valence-electron chi connectivity index (χ4n) is 4.07. The summed E-state index contributed by atoms with van der Waals surface area (Å²) in [6.07, 6.45) is 1.47. The number of nitriles is 1. The molecule has 0 aromatic heterocycles. The Hall–Kier alpha value is -4.93. The smallest absolute Gasteiger partial charge is 0.262 e. The molecule has 0 spiro atoms. The highest BCUT2D eigenvalue weighted by atomic mass is 35.5. The summed E-state index contributed by atoms with van der Waals surface area (Å²) in [6.45, 7) is 3.13. The van der Waals surface area contributed by atoms with Gasteiger partial charge in [0, 0.05) is 6.54 Å². The minimum atomic E-state index is -0.485. The number of halogens is 1. The lowest BCUT2D eigenvalue weighted by Gasteiger charge is -2.16. The molecule has 4 rings (SSSR count). The van der Waals surface area contributed by atoms with Gasteiger partial charge in [0.1, 0.15) is 24.9 Å². The van der Waals surface area contributed by atoms with Crippen LogP contribution in [0.3, 0.4) is 0 Å². The van der Waals surface area contributed by atoms with E-state index in [0.29, 0.717) is 48.3 Å². The first-order valence-electron chi connectivity index (χ1n) is 13.4. The SMILES string of the molecule is CCOc1cc(/C=C(\C#N)C(=O)NCc2ccccc2)cc(Cl)c1OCc1ccc(OCc2ccccc2)c(OC)c1. The van der Waals surface area contributed by atoms with Crippen LogP contribution in [0.15, 0.2) is 96.6 Å². The van der Waals surface area contributed by atoms with E-state index in [-0.39, 0.29) is 17.2 Å². The Bertz CT molecular complexity index is 1570. The van der Waals surface area contributed by atoms with Crippen LogP contribution in [0, 0.1) is 11.3 Å². The Kier molecular flexibility index (Phi) is 10.9. The predicted molar refractivity (Wildman–Crippen MR) is 163 cm³/mol. The van der Waals surface area contributed by atoms with Gasteiger partial charge >= 0.3 is 0 Å². The summed E-state index contributed by atoms with van der Waals surface area (Å²) in [7, 11) is 1.59. The molecule has 0 aliphatic carbocycles. The predicted octanol–water partition coefficient (Wildman–Crippen LogP) is 7.13. The molecule has 42 heavy (non-hydrogen) atoms. The van der Waals surface area contributed by atoms with Crippen LogP contribution < -0.4 is 24.3 Å². The Morgan fingerprint density at radius 3 is 2.19 bits per heavy atom. The molecule has 1 N–H and O–H groups in total. The maximum absolute atomic E-state index is 12.7. The van der Waals surface area contributed by atoms with Gasteiger partial charge in [-0.15, -0.1) is 0 Å². The molecular formula is C34H31ClN2O5. The molecule has 214 valence electrons. The molecule has 0 heterocycles. The van der Waals surface area contributed by atoms with Gasteiger partial charge in [0.25, 0.3) is 5.91 Å². The van der Waals surface area contributed by atoms with Gasteiger partial charge in [0.2, 0.25) is 0 Å². The number of ether oxygens (including phenoxy) is 4. The van der Waals surface area contributed by atoms with Crippen LogP contribution in [0.2, 0.25) is 5.02 Å². The number of methoxy groups -OCH3 is 1. The van der Waals surface area contributed by atoms with Gasteiger partial charge < -0.3 is 24.3 Å². The van der Waals surface area contributed by atoms with Crippen LogP contribution in [-0.2, 0) is 24.6 Å². The number of rotatable bonds is 13. The Balaban J connectivity index is 1.46. The molecule has 7 nitrogen and oxygen atoms in total. The van der Waals surface area contributed by atoms with Gasteiger partial charge in [-0.25, -0.2) is 0 Å². The van der Waals surface area contributed by atoms with Crippen LogP contribution in [0.4, 0.5) is 0 Å². The zero-order chi connectivity index (χ0) is 29.7. The van der Waals surface area contributed by atoms with Crippen LogP contribution >= 0.6 is 11.6 Å². The molecule has 0 saturated heterocycles. The van der Waals surface area contributed by atoms with Crippen molar-refractivity contribution in [1.82, 2.24) is 5.32 Å². The quantitative estimate of drug-likeness (QED) is 0.133. The highest BCUT2D eigenvalue weighted by Gasteiger charge is 2.16. The van der Waals surface area contributed by atoms with Crippen LogP contribution in [0.1, 0.15) is 29.2 Å². The van der Waals surface area contributed by atoms with Crippen LogP contribution in [0.25, 0.3) is 6.08 Å². The lowest BCUT2D eigenvalue weighted by molar-refractivity contribution is -0.117. The number of benzene rings is 4. The molecule has 0 radical (unpaired) electrons. The molecule has 4 aromatic carbocycles. The number of nitrogens with zero attached hydrogens (tertiary/aromatic N) is 1. The monoisotopic (exact) mass is 582 g/mol. The summed E-state index contributed by atoms with van der Waals surface area (Å²) in [4.78, 5) is 12.7. The van der Waals surface area contributed by atoms with Gasteiger partial charge in [-0.1, -0.05) is 78.3 Å². The number of nitrogens with one attached hydrogen (secondary N) is 1. The van der Waals surface area contributed by atoms with Gasteiger partial charge in [-0.2, -0.15) is 5.26 Å². The average Bonchev–Trinajstić information content (AvgIpc) is 3.02. The fourth-order valence-corrected chi connectivity index (χ4v) is 4.35. The van der Waals surface area contributed by atoms with Gasteiger partial charge in [0.15, 0.2) is 23.0 Å². The number of hydrogen-bond acceptors (Lipinski definition) is 6. The Morgan fingerprint density at radius 2 is 1.52 bits per heavy atom. The molecule has 8 heteroatoms. The van der Waals surface area contributed by atoms with Crippen molar-refractivity contribution < 1.29 is 23.7 Å². The van der Waals surface area contributed by atoms with E-state index in [1.54, 1.807) is 19.2 Å². The van der Waals surface area contributed by atoms with Gasteiger partial charge in [0.05, 0.1) is 18.7 Å². The van der Waals surface area contributed by atoms with Crippen molar-refractivity contribution in [3.63, 3.8) is 0 Å². The minimum absolute atomic E-state index is 0.0558. The van der Waals surface area contributed by atoms with Crippen molar-refractivity contribution in [2.45, 2.75) is 26.7 Å². The lowest BCUT2D eigenvalue weighted by atomic mass is 10.1. The molecule has 0 unspecified atom stereocenters. The minimum Gasteiger partial charge on any atom is -0.493 e. The van der Waals surface area contributed by atoms with Crippen LogP contribution in [-0.4, -0.2) is 19.6 Å². The zero-order valence-corrected chi connectivity index (χ0v) is 24.2. The van der Waals surface area contributed by atoms with Crippen molar-refractivity contribution in [2.24, 2.45) is 0 Å². The lowest BCUT2D eigenvalue weighted by Crippen LogP contribution is -2.23. The summed E-state index contributed by atoms with van der Waals surface area (Å²) < 4.78 is 23.4. The fraction of sp³-hybridized carbons (Fsp3) is 0.176. The molecule has 4 aromatic rings.